The molecule has 0 spiro atoms. The lowest BCUT2D eigenvalue weighted by molar-refractivity contribution is 0.260. The second-order valence-electron chi connectivity index (χ2n) is 7.78. The van der Waals surface area contributed by atoms with Gasteiger partial charge in [-0.3, -0.25) is 13.9 Å². The number of fused-ring (bicyclic) bond motifs is 6. The highest BCUT2D eigenvalue weighted by Crippen LogP contribution is 2.61. The molecule has 25 heavy (non-hydrogen) atoms. The van der Waals surface area contributed by atoms with Crippen LogP contribution in [-0.4, -0.2) is 31.3 Å². The molecule has 2 aromatic heterocycles. The third-order valence-corrected chi connectivity index (χ3v) is 6.22. The van der Waals surface area contributed by atoms with Gasteiger partial charge in [-0.1, -0.05) is 13.8 Å². The van der Waals surface area contributed by atoms with E-state index in [0.717, 1.165) is 25.1 Å². The van der Waals surface area contributed by atoms with E-state index in [1.807, 2.05) is 13.8 Å². The molecular weight excluding hydrogens is 320 g/mol. The van der Waals surface area contributed by atoms with Crippen molar-refractivity contribution in [1.29, 1.82) is 0 Å². The van der Waals surface area contributed by atoms with Crippen molar-refractivity contribution >= 4 is 11.2 Å². The number of epoxide rings is 1. The number of imidazole rings is 1. The van der Waals surface area contributed by atoms with E-state index in [-0.39, 0.29) is 11.2 Å². The molecule has 2 bridgehead atoms. The smallest absolute Gasteiger partial charge is 0.332 e. The molecule has 5 atom stereocenters. The maximum absolute atomic E-state index is 12.8. The Labute approximate surface area is 145 Å². The molecule has 3 heterocycles. The molecule has 1 aliphatic heterocycles. The number of rotatable bonds is 5. The Bertz CT molecular complexity index is 956. The van der Waals surface area contributed by atoms with Crippen LogP contribution in [0.4, 0.5) is 0 Å². The second kappa shape index (κ2) is 5.30. The monoisotopic (exact) mass is 344 g/mol. The predicted molar refractivity (Wildman–Crippen MR) is 92.8 cm³/mol. The maximum Gasteiger partial charge on any atom is 0.332 e. The van der Waals surface area contributed by atoms with Crippen LogP contribution in [0.5, 0.6) is 0 Å². The van der Waals surface area contributed by atoms with E-state index >= 15 is 0 Å². The topological polar surface area (TPSA) is 85.2 Å². The molecule has 0 amide bonds. The molecule has 1 N–H and O–H groups in total. The summed E-state index contributed by atoms with van der Waals surface area (Å²) in [6.45, 7) is 5.02. The van der Waals surface area contributed by atoms with E-state index in [0.29, 0.717) is 54.2 Å². The summed E-state index contributed by atoms with van der Waals surface area (Å²) < 4.78 is 8.77. The highest BCUT2D eigenvalue weighted by Gasteiger charge is 2.63. The van der Waals surface area contributed by atoms with Gasteiger partial charge in [-0.2, -0.15) is 0 Å². The Hall–Kier alpha value is -1.89. The zero-order valence-corrected chi connectivity index (χ0v) is 14.7. The van der Waals surface area contributed by atoms with Crippen LogP contribution >= 0.6 is 0 Å². The molecule has 5 rings (SSSR count). The first-order chi connectivity index (χ1) is 12.1. The van der Waals surface area contributed by atoms with Gasteiger partial charge in [0.15, 0.2) is 5.65 Å². The fourth-order valence-electron chi connectivity index (χ4n) is 5.12. The van der Waals surface area contributed by atoms with Crippen molar-refractivity contribution in [1.82, 2.24) is 19.1 Å². The molecular formula is C18H24N4O3. The average Bonchev–Trinajstić information content (AvgIpc) is 2.99. The van der Waals surface area contributed by atoms with Gasteiger partial charge in [0.05, 0.1) is 12.2 Å². The normalized spacial score (nSPS) is 32.5. The van der Waals surface area contributed by atoms with E-state index in [1.54, 1.807) is 4.57 Å². The third kappa shape index (κ3) is 2.05. The summed E-state index contributed by atoms with van der Waals surface area (Å²) >= 11 is 0. The molecule has 3 fully saturated rings. The lowest BCUT2D eigenvalue weighted by atomic mass is 9.88. The first-order valence-corrected chi connectivity index (χ1v) is 9.52. The lowest BCUT2D eigenvalue weighted by Gasteiger charge is -2.16. The number of ether oxygens (including phenoxy) is 1. The molecule has 2 saturated carbocycles. The predicted octanol–water partition coefficient (Wildman–Crippen LogP) is 1.60. The van der Waals surface area contributed by atoms with Crippen molar-refractivity contribution in [3.63, 3.8) is 0 Å². The van der Waals surface area contributed by atoms with Crippen molar-refractivity contribution in [2.24, 2.45) is 11.8 Å². The average molecular weight is 344 g/mol. The van der Waals surface area contributed by atoms with Gasteiger partial charge in [-0.15, -0.1) is 0 Å². The van der Waals surface area contributed by atoms with Gasteiger partial charge in [0.25, 0.3) is 5.56 Å². The summed E-state index contributed by atoms with van der Waals surface area (Å²) in [5.74, 6) is 2.35. The molecule has 0 unspecified atom stereocenters. The van der Waals surface area contributed by atoms with Crippen molar-refractivity contribution in [3.8, 4) is 0 Å². The molecule has 0 aromatic carbocycles. The van der Waals surface area contributed by atoms with Crippen LogP contribution in [0.15, 0.2) is 9.59 Å². The quantitative estimate of drug-likeness (QED) is 0.835. The summed E-state index contributed by atoms with van der Waals surface area (Å²) in [7, 11) is 0. The molecule has 2 aromatic rings. The number of hydrogen-bond acceptors (Lipinski definition) is 4. The Kier molecular flexibility index (Phi) is 3.26. The zero-order chi connectivity index (χ0) is 17.3. The maximum atomic E-state index is 12.8. The first-order valence-electron chi connectivity index (χ1n) is 9.52. The van der Waals surface area contributed by atoms with E-state index in [4.69, 9.17) is 9.72 Å². The first kappa shape index (κ1) is 15.4. The molecule has 1 saturated heterocycles. The Morgan fingerprint density at radius 3 is 2.56 bits per heavy atom. The Morgan fingerprint density at radius 1 is 1.12 bits per heavy atom. The van der Waals surface area contributed by atoms with Gasteiger partial charge in [-0.05, 0) is 37.5 Å². The standard InChI is InChI=1S/C18H24N4O3/c1-3-5-21-16-12(17(23)22(6-4-2)18(21)24)19-15(20-16)11-8-9-7-10(11)14-13(9)25-14/h9-11,13-14H,3-8H2,1-2H3,(H,19,20)/t9-,10-,11-,13+,14-/m0/s1. The largest absolute Gasteiger partial charge is 0.369 e. The van der Waals surface area contributed by atoms with Crippen LogP contribution in [0.2, 0.25) is 0 Å². The van der Waals surface area contributed by atoms with Gasteiger partial charge < -0.3 is 9.72 Å². The van der Waals surface area contributed by atoms with Gasteiger partial charge in [0.2, 0.25) is 0 Å². The van der Waals surface area contributed by atoms with Crippen molar-refractivity contribution in [3.05, 3.63) is 26.7 Å². The number of H-pyrrole nitrogens is 1. The molecule has 2 aliphatic carbocycles. The number of aryl methyl sites for hydroxylation is 1. The van der Waals surface area contributed by atoms with Crippen LogP contribution in [0, 0.1) is 11.8 Å². The van der Waals surface area contributed by atoms with Gasteiger partial charge >= 0.3 is 5.69 Å². The van der Waals surface area contributed by atoms with Gasteiger partial charge in [-0.25, -0.2) is 9.78 Å². The minimum absolute atomic E-state index is 0.238. The van der Waals surface area contributed by atoms with E-state index in [1.165, 1.54) is 11.0 Å². The highest BCUT2D eigenvalue weighted by molar-refractivity contribution is 5.70. The molecule has 134 valence electrons. The van der Waals surface area contributed by atoms with E-state index < -0.39 is 0 Å². The fraction of sp³-hybridized carbons (Fsp3) is 0.722. The summed E-state index contributed by atoms with van der Waals surface area (Å²) in [6, 6.07) is 0. The molecule has 7 heteroatoms. The van der Waals surface area contributed by atoms with Crippen LogP contribution in [0.25, 0.3) is 11.2 Å². The van der Waals surface area contributed by atoms with Gasteiger partial charge in [0.1, 0.15) is 11.3 Å². The van der Waals surface area contributed by atoms with Crippen LogP contribution in [-0.2, 0) is 17.8 Å². The SMILES string of the molecule is CCCn1c(=O)c2[nH]c([C@H]3C[C@@H]4C[C@@H]3[C@@H]3O[C@H]43)nc2n(CCC)c1=O. The zero-order valence-electron chi connectivity index (χ0n) is 14.7. The van der Waals surface area contributed by atoms with Crippen LogP contribution in [0.1, 0.15) is 51.3 Å². The van der Waals surface area contributed by atoms with Crippen molar-refractivity contribution in [2.45, 2.75) is 70.7 Å². The Balaban J connectivity index is 1.65. The van der Waals surface area contributed by atoms with Crippen LogP contribution < -0.4 is 11.2 Å². The highest BCUT2D eigenvalue weighted by atomic mass is 16.6. The van der Waals surface area contributed by atoms with Gasteiger partial charge in [0, 0.05) is 19.0 Å². The van der Waals surface area contributed by atoms with E-state index in [2.05, 4.69) is 4.98 Å². The number of hydrogen-bond donors (Lipinski definition) is 1. The minimum Gasteiger partial charge on any atom is -0.369 e. The fourth-order valence-corrected chi connectivity index (χ4v) is 5.12. The molecule has 0 radical (unpaired) electrons. The number of nitrogens with one attached hydrogen (secondary N) is 1. The minimum atomic E-state index is -0.239. The summed E-state index contributed by atoms with van der Waals surface area (Å²) in [6.07, 6.45) is 4.73. The second-order valence-corrected chi connectivity index (χ2v) is 7.78. The third-order valence-electron chi connectivity index (χ3n) is 6.22. The van der Waals surface area contributed by atoms with E-state index in [9.17, 15) is 9.59 Å². The summed E-state index contributed by atoms with van der Waals surface area (Å²) in [5.41, 5.74) is 0.525. The summed E-state index contributed by atoms with van der Waals surface area (Å²) in [4.78, 5) is 33.6. The Morgan fingerprint density at radius 2 is 1.88 bits per heavy atom. The number of aromatic nitrogens is 4. The lowest BCUT2D eigenvalue weighted by Crippen LogP contribution is -2.40. The summed E-state index contributed by atoms with van der Waals surface area (Å²) in [5, 5.41) is 0. The van der Waals surface area contributed by atoms with Crippen molar-refractivity contribution in [2.75, 3.05) is 0 Å². The molecule has 7 nitrogen and oxygen atoms in total. The van der Waals surface area contributed by atoms with Crippen molar-refractivity contribution < 1.29 is 4.74 Å². The van der Waals surface area contributed by atoms with Crippen LogP contribution in [0.3, 0.4) is 0 Å². The number of nitrogens with zero attached hydrogens (tertiary/aromatic N) is 3. The number of aromatic amines is 1. The molecule has 3 aliphatic rings.